The van der Waals surface area contributed by atoms with Crippen molar-refractivity contribution in [2.45, 2.75) is 39.2 Å². The van der Waals surface area contributed by atoms with Gasteiger partial charge in [0.1, 0.15) is 0 Å². The normalized spacial score (nSPS) is 19.0. The summed E-state index contributed by atoms with van der Waals surface area (Å²) in [6.45, 7) is 5.29. The van der Waals surface area contributed by atoms with E-state index in [9.17, 15) is 4.79 Å². The van der Waals surface area contributed by atoms with Gasteiger partial charge in [-0.25, -0.2) is 0 Å². The molecule has 0 spiro atoms. The number of para-hydroxylation sites is 1. The van der Waals surface area contributed by atoms with Gasteiger partial charge in [0.25, 0.3) is 0 Å². The summed E-state index contributed by atoms with van der Waals surface area (Å²) in [5.74, 6) is 0.347. The molecule has 1 N–H and O–H groups in total. The number of nitrogens with zero attached hydrogens (tertiary/aromatic N) is 3. The highest BCUT2D eigenvalue weighted by molar-refractivity contribution is 5.82. The van der Waals surface area contributed by atoms with E-state index < -0.39 is 0 Å². The van der Waals surface area contributed by atoms with E-state index in [0.29, 0.717) is 26.1 Å². The van der Waals surface area contributed by atoms with E-state index in [-0.39, 0.29) is 17.9 Å². The van der Waals surface area contributed by atoms with Gasteiger partial charge in [0.15, 0.2) is 0 Å². The predicted molar refractivity (Wildman–Crippen MR) is 113 cm³/mol. The van der Waals surface area contributed by atoms with E-state index in [1.165, 1.54) is 16.5 Å². The van der Waals surface area contributed by atoms with Crippen LogP contribution in [0.3, 0.4) is 0 Å². The molecule has 3 heterocycles. The average Bonchev–Trinajstić information content (AvgIpc) is 3.24. The summed E-state index contributed by atoms with van der Waals surface area (Å²) in [6, 6.07) is 10.3. The zero-order chi connectivity index (χ0) is 20.4. The van der Waals surface area contributed by atoms with Crippen molar-refractivity contribution in [2.24, 2.45) is 13.0 Å². The number of amides is 1. The van der Waals surface area contributed by atoms with Crippen LogP contribution >= 0.6 is 0 Å². The fourth-order valence-corrected chi connectivity index (χ4v) is 4.27. The van der Waals surface area contributed by atoms with Gasteiger partial charge < -0.3 is 10.1 Å². The van der Waals surface area contributed by atoms with Crippen LogP contribution in [0.25, 0.3) is 10.9 Å². The van der Waals surface area contributed by atoms with E-state index in [4.69, 9.17) is 4.74 Å². The highest BCUT2D eigenvalue weighted by Gasteiger charge is 2.30. The zero-order valence-corrected chi connectivity index (χ0v) is 17.3. The Labute approximate surface area is 171 Å². The van der Waals surface area contributed by atoms with E-state index in [2.05, 4.69) is 27.5 Å². The van der Waals surface area contributed by atoms with Crippen LogP contribution in [0.4, 0.5) is 0 Å². The molecule has 6 nitrogen and oxygen atoms in total. The Balaban J connectivity index is 1.39. The first-order chi connectivity index (χ1) is 14.0. The van der Waals surface area contributed by atoms with Crippen LogP contribution in [-0.4, -0.2) is 39.9 Å². The highest BCUT2D eigenvalue weighted by Crippen LogP contribution is 2.24. The lowest BCUT2D eigenvalue weighted by atomic mass is 9.93. The second kappa shape index (κ2) is 8.33. The molecule has 1 aliphatic rings. The molecule has 2 atom stereocenters. The van der Waals surface area contributed by atoms with Crippen molar-refractivity contribution in [2.75, 3.05) is 13.2 Å². The molecule has 0 aliphatic carbocycles. The van der Waals surface area contributed by atoms with Gasteiger partial charge in [0, 0.05) is 36.7 Å². The monoisotopic (exact) mass is 392 g/mol. The molecular formula is C23H28N4O2. The summed E-state index contributed by atoms with van der Waals surface area (Å²) in [7, 11) is 1.94. The number of aromatic nitrogens is 3. The van der Waals surface area contributed by atoms with Crippen LogP contribution in [0.5, 0.6) is 0 Å². The Morgan fingerprint density at radius 2 is 2.07 bits per heavy atom. The Bertz CT molecular complexity index is 1020. The molecule has 1 amide bonds. The van der Waals surface area contributed by atoms with Crippen LogP contribution in [0.15, 0.2) is 36.5 Å². The minimum Gasteiger partial charge on any atom is -0.379 e. The molecule has 1 aromatic carbocycles. The maximum atomic E-state index is 12.6. The molecular weight excluding hydrogens is 364 g/mol. The minimum atomic E-state index is 0.0468. The minimum absolute atomic E-state index is 0.0468. The Hall–Kier alpha value is -2.73. The zero-order valence-electron chi connectivity index (χ0n) is 17.3. The first-order valence-electron chi connectivity index (χ1n) is 10.2. The SMILES string of the molecule is Cc1nn(C)c(C)c1CCC(=O)N[C@@H]1COC[C@H]1Cc1ccnc2ccccc12. The fraction of sp³-hybridized carbons (Fsp3) is 0.435. The number of rotatable bonds is 6. The maximum absolute atomic E-state index is 12.6. The van der Waals surface area contributed by atoms with Crippen molar-refractivity contribution in [1.82, 2.24) is 20.1 Å². The van der Waals surface area contributed by atoms with Gasteiger partial charge in [0.2, 0.25) is 5.91 Å². The Kier molecular flexibility index (Phi) is 5.62. The van der Waals surface area contributed by atoms with Gasteiger partial charge in [-0.3, -0.25) is 14.5 Å². The first-order valence-corrected chi connectivity index (χ1v) is 10.2. The number of carbonyl (C=O) groups is 1. The summed E-state index contributed by atoms with van der Waals surface area (Å²) in [6.07, 6.45) is 3.91. The molecule has 1 aliphatic heterocycles. The van der Waals surface area contributed by atoms with Crippen LogP contribution in [0.1, 0.15) is 28.9 Å². The number of hydrogen-bond acceptors (Lipinski definition) is 4. The van der Waals surface area contributed by atoms with E-state index >= 15 is 0 Å². The predicted octanol–water partition coefficient (Wildman–Crippen LogP) is 2.89. The summed E-state index contributed by atoms with van der Waals surface area (Å²) in [5, 5.41) is 8.82. The summed E-state index contributed by atoms with van der Waals surface area (Å²) >= 11 is 0. The second-order valence-electron chi connectivity index (χ2n) is 7.94. The van der Waals surface area contributed by atoms with Gasteiger partial charge in [-0.15, -0.1) is 0 Å². The lowest BCUT2D eigenvalue weighted by Crippen LogP contribution is -2.40. The van der Waals surface area contributed by atoms with Gasteiger partial charge in [0.05, 0.1) is 30.5 Å². The molecule has 29 heavy (non-hydrogen) atoms. The number of pyridine rings is 1. The molecule has 0 bridgehead atoms. The van der Waals surface area contributed by atoms with Crippen molar-refractivity contribution in [3.05, 3.63) is 59.0 Å². The van der Waals surface area contributed by atoms with Crippen molar-refractivity contribution in [3.63, 3.8) is 0 Å². The summed E-state index contributed by atoms with van der Waals surface area (Å²) in [4.78, 5) is 17.1. The molecule has 152 valence electrons. The molecule has 0 radical (unpaired) electrons. The number of aryl methyl sites for hydroxylation is 2. The van der Waals surface area contributed by atoms with E-state index in [0.717, 1.165) is 23.3 Å². The molecule has 0 unspecified atom stereocenters. The summed E-state index contributed by atoms with van der Waals surface area (Å²) < 4.78 is 7.59. The molecule has 3 aromatic rings. The topological polar surface area (TPSA) is 69.0 Å². The molecule has 2 aromatic heterocycles. The van der Waals surface area contributed by atoms with E-state index in [1.54, 1.807) is 0 Å². The van der Waals surface area contributed by atoms with Crippen LogP contribution in [-0.2, 0) is 29.4 Å². The lowest BCUT2D eigenvalue weighted by Gasteiger charge is -2.20. The number of benzene rings is 1. The number of ether oxygens (including phenoxy) is 1. The highest BCUT2D eigenvalue weighted by atomic mass is 16.5. The van der Waals surface area contributed by atoms with Crippen LogP contribution < -0.4 is 5.32 Å². The molecule has 4 rings (SSSR count). The third-order valence-electron chi connectivity index (χ3n) is 6.03. The third-order valence-corrected chi connectivity index (χ3v) is 6.03. The molecule has 1 fully saturated rings. The number of fused-ring (bicyclic) bond motifs is 1. The number of nitrogens with one attached hydrogen (secondary N) is 1. The fourth-order valence-electron chi connectivity index (χ4n) is 4.27. The van der Waals surface area contributed by atoms with Crippen molar-refractivity contribution < 1.29 is 9.53 Å². The first kappa shape index (κ1) is 19.6. The third kappa shape index (κ3) is 4.17. The van der Waals surface area contributed by atoms with Crippen molar-refractivity contribution in [3.8, 4) is 0 Å². The average molecular weight is 393 g/mol. The molecule has 1 saturated heterocycles. The Morgan fingerprint density at radius 3 is 2.86 bits per heavy atom. The van der Waals surface area contributed by atoms with Gasteiger partial charge in [-0.05, 0) is 49.9 Å². The molecule has 6 heteroatoms. The van der Waals surface area contributed by atoms with Crippen molar-refractivity contribution in [1.29, 1.82) is 0 Å². The summed E-state index contributed by atoms with van der Waals surface area (Å²) in [5.41, 5.74) is 5.56. The number of carbonyl (C=O) groups excluding carboxylic acids is 1. The van der Waals surface area contributed by atoms with Gasteiger partial charge in [-0.1, -0.05) is 18.2 Å². The number of hydrogen-bond donors (Lipinski definition) is 1. The second-order valence-corrected chi connectivity index (χ2v) is 7.94. The smallest absolute Gasteiger partial charge is 0.220 e. The maximum Gasteiger partial charge on any atom is 0.220 e. The quantitative estimate of drug-likeness (QED) is 0.700. The standard InChI is InChI=1S/C23H28N4O2/c1-15-19(16(2)27(3)26-15)8-9-23(28)25-22-14-29-13-18(22)12-17-10-11-24-21-7-5-4-6-20(17)21/h4-7,10-11,18,22H,8-9,12-14H2,1-3H3,(H,25,28)/t18-,22-/m1/s1. The van der Waals surface area contributed by atoms with Gasteiger partial charge >= 0.3 is 0 Å². The lowest BCUT2D eigenvalue weighted by molar-refractivity contribution is -0.122. The van der Waals surface area contributed by atoms with Crippen molar-refractivity contribution >= 4 is 16.8 Å². The van der Waals surface area contributed by atoms with Gasteiger partial charge in [-0.2, -0.15) is 5.10 Å². The van der Waals surface area contributed by atoms with Crippen LogP contribution in [0.2, 0.25) is 0 Å². The molecule has 0 saturated carbocycles. The largest absolute Gasteiger partial charge is 0.379 e. The van der Waals surface area contributed by atoms with E-state index in [1.807, 2.05) is 50.0 Å². The van der Waals surface area contributed by atoms with Crippen LogP contribution in [0, 0.1) is 19.8 Å². The Morgan fingerprint density at radius 1 is 1.24 bits per heavy atom.